The van der Waals surface area contributed by atoms with Crippen LogP contribution in [0.15, 0.2) is 39.5 Å². The molecule has 13 heteroatoms. The second kappa shape index (κ2) is 8.96. The van der Waals surface area contributed by atoms with Crippen LogP contribution in [0.4, 0.5) is 0 Å². The van der Waals surface area contributed by atoms with E-state index in [1.54, 1.807) is 0 Å². The Hall–Kier alpha value is -4.04. The summed E-state index contributed by atoms with van der Waals surface area (Å²) in [5, 5.41) is 69.1. The van der Waals surface area contributed by atoms with Gasteiger partial charge in [-0.3, -0.25) is 4.79 Å². The van der Waals surface area contributed by atoms with E-state index in [2.05, 4.69) is 0 Å². The number of aliphatic hydroxyl groups excluding tert-OH is 3. The van der Waals surface area contributed by atoms with Gasteiger partial charge in [0.05, 0.1) is 7.11 Å². The lowest BCUT2D eigenvalue weighted by Crippen LogP contribution is -2.61. The summed E-state index contributed by atoms with van der Waals surface area (Å²) in [6, 6.07) is 5.72. The number of methoxy groups -OCH3 is 1. The second-order valence-electron chi connectivity index (χ2n) is 7.67. The Labute approximate surface area is 195 Å². The lowest BCUT2D eigenvalue weighted by atomic mass is 9.99. The van der Waals surface area contributed by atoms with Crippen LogP contribution >= 0.6 is 0 Å². The quantitative estimate of drug-likeness (QED) is 0.247. The van der Waals surface area contributed by atoms with E-state index in [9.17, 15) is 45.3 Å². The number of phenols is 3. The molecule has 0 radical (unpaired) electrons. The van der Waals surface area contributed by atoms with Crippen LogP contribution in [0.3, 0.4) is 0 Å². The molecule has 1 fully saturated rings. The Morgan fingerprint density at radius 2 is 1.69 bits per heavy atom. The standard InChI is InChI=1S/C22H20O13/c1-32-11-4-7(2-3-9(11)24)18-19(14(26)13-10(25)5-8(23)6-12(13)33-18)34-22-17(29)15(27)16(28)20(35-22)21(30)31/h2-6,15-17,20,22-25,27-29H,1H3,(H,30,31)/t15?,16-,17?,20-,22+/m0/s1. The van der Waals surface area contributed by atoms with E-state index in [1.165, 1.54) is 25.3 Å². The van der Waals surface area contributed by atoms with Crippen molar-refractivity contribution in [1.82, 2.24) is 0 Å². The fourth-order valence-electron chi connectivity index (χ4n) is 3.65. The third-order valence-corrected chi connectivity index (χ3v) is 5.41. The molecule has 2 aromatic carbocycles. The van der Waals surface area contributed by atoms with Gasteiger partial charge in [0.2, 0.25) is 17.5 Å². The largest absolute Gasteiger partial charge is 0.508 e. The Morgan fingerprint density at radius 1 is 0.971 bits per heavy atom. The number of carbonyl (C=O) groups is 1. The number of phenolic OH excluding ortho intramolecular Hbond substituents is 3. The van der Waals surface area contributed by atoms with Crippen LogP contribution in [-0.4, -0.2) is 79.5 Å². The van der Waals surface area contributed by atoms with Crippen molar-refractivity contribution in [3.8, 4) is 40.1 Å². The number of hydrogen-bond acceptors (Lipinski definition) is 12. The van der Waals surface area contributed by atoms with Crippen molar-refractivity contribution in [3.63, 3.8) is 0 Å². The van der Waals surface area contributed by atoms with Gasteiger partial charge in [-0.25, -0.2) is 4.79 Å². The van der Waals surface area contributed by atoms with Gasteiger partial charge in [0.1, 0.15) is 40.8 Å². The van der Waals surface area contributed by atoms with Gasteiger partial charge in [-0.05, 0) is 18.2 Å². The number of fused-ring (bicyclic) bond motifs is 1. The molecular weight excluding hydrogens is 472 g/mol. The molecule has 1 aliphatic rings. The fourth-order valence-corrected chi connectivity index (χ4v) is 3.65. The maximum atomic E-state index is 13.3. The van der Waals surface area contributed by atoms with E-state index >= 15 is 0 Å². The van der Waals surface area contributed by atoms with E-state index in [4.69, 9.17) is 18.6 Å². The summed E-state index contributed by atoms with van der Waals surface area (Å²) < 4.78 is 21.3. The van der Waals surface area contributed by atoms with Crippen LogP contribution in [0.2, 0.25) is 0 Å². The van der Waals surface area contributed by atoms with Gasteiger partial charge < -0.3 is 54.4 Å². The van der Waals surface area contributed by atoms with Crippen LogP contribution in [0, 0.1) is 0 Å². The predicted octanol–water partition coefficient (Wildman–Crippen LogP) is -0.144. The monoisotopic (exact) mass is 492 g/mol. The van der Waals surface area contributed by atoms with Gasteiger partial charge in [-0.1, -0.05) is 0 Å². The van der Waals surface area contributed by atoms with Crippen molar-refractivity contribution >= 4 is 16.9 Å². The van der Waals surface area contributed by atoms with E-state index < -0.39 is 64.7 Å². The molecule has 0 aliphatic carbocycles. The molecule has 0 saturated carbocycles. The molecule has 4 rings (SSSR count). The van der Waals surface area contributed by atoms with E-state index in [1.807, 2.05) is 0 Å². The molecule has 1 saturated heterocycles. The average Bonchev–Trinajstić information content (AvgIpc) is 2.80. The van der Waals surface area contributed by atoms with Gasteiger partial charge in [0, 0.05) is 17.7 Å². The summed E-state index contributed by atoms with van der Waals surface area (Å²) in [6.45, 7) is 0. The van der Waals surface area contributed by atoms with E-state index in [0.717, 1.165) is 12.1 Å². The fraction of sp³-hybridized carbons (Fsp3) is 0.273. The number of carboxylic acids is 1. The smallest absolute Gasteiger partial charge is 0.335 e. The van der Waals surface area contributed by atoms with Gasteiger partial charge in [-0.15, -0.1) is 0 Å². The second-order valence-corrected chi connectivity index (χ2v) is 7.67. The molecule has 0 spiro atoms. The Bertz CT molecular complexity index is 1350. The molecule has 2 heterocycles. The van der Waals surface area contributed by atoms with Gasteiger partial charge >= 0.3 is 5.97 Å². The maximum absolute atomic E-state index is 13.3. The maximum Gasteiger partial charge on any atom is 0.335 e. The van der Waals surface area contributed by atoms with Crippen LogP contribution in [0.25, 0.3) is 22.3 Å². The number of rotatable bonds is 5. The first-order valence-electron chi connectivity index (χ1n) is 10.0. The van der Waals surface area contributed by atoms with Crippen LogP contribution in [0.1, 0.15) is 0 Å². The molecule has 1 aliphatic heterocycles. The normalized spacial score (nSPS) is 24.3. The summed E-state index contributed by atoms with van der Waals surface area (Å²) >= 11 is 0. The summed E-state index contributed by atoms with van der Waals surface area (Å²) in [4.78, 5) is 24.8. The SMILES string of the molecule is COc1cc(-c2oc3cc(O)cc(O)c3c(=O)c2O[C@@H]2O[C@H](C(=O)O)[C@@H](O)C(O)C2O)ccc1O. The lowest BCUT2D eigenvalue weighted by Gasteiger charge is -2.38. The minimum absolute atomic E-state index is 0.0200. The Kier molecular flexibility index (Phi) is 6.17. The molecule has 0 bridgehead atoms. The molecule has 1 aromatic heterocycles. The number of aliphatic carboxylic acids is 1. The van der Waals surface area contributed by atoms with E-state index in [0.29, 0.717) is 0 Å². The summed E-state index contributed by atoms with van der Waals surface area (Å²) in [7, 11) is 1.27. The van der Waals surface area contributed by atoms with Crippen molar-refractivity contribution in [2.75, 3.05) is 7.11 Å². The number of benzene rings is 2. The molecule has 3 aromatic rings. The summed E-state index contributed by atoms with van der Waals surface area (Å²) in [5.74, 6) is -4.04. The molecule has 13 nitrogen and oxygen atoms in total. The minimum atomic E-state index is -2.01. The Balaban J connectivity index is 1.92. The zero-order valence-electron chi connectivity index (χ0n) is 17.9. The zero-order chi connectivity index (χ0) is 25.6. The highest BCUT2D eigenvalue weighted by Crippen LogP contribution is 2.39. The minimum Gasteiger partial charge on any atom is -0.508 e. The number of ether oxygens (including phenoxy) is 3. The lowest BCUT2D eigenvalue weighted by molar-refractivity contribution is -0.271. The number of aliphatic hydroxyl groups is 3. The van der Waals surface area contributed by atoms with Gasteiger partial charge in [0.25, 0.3) is 0 Å². The van der Waals surface area contributed by atoms with E-state index in [-0.39, 0.29) is 28.4 Å². The van der Waals surface area contributed by atoms with Crippen molar-refractivity contribution in [2.24, 2.45) is 0 Å². The molecule has 35 heavy (non-hydrogen) atoms. The molecular formula is C22H20O13. The predicted molar refractivity (Wildman–Crippen MR) is 114 cm³/mol. The number of carboxylic acid groups (broad SMARTS) is 1. The summed E-state index contributed by atoms with van der Waals surface area (Å²) in [6.07, 6.45) is -9.97. The van der Waals surface area contributed by atoms with Gasteiger partial charge in [-0.2, -0.15) is 0 Å². The molecule has 0 amide bonds. The first-order valence-corrected chi connectivity index (χ1v) is 10.0. The topological polar surface area (TPSA) is 217 Å². The van der Waals surface area contributed by atoms with Crippen molar-refractivity contribution in [3.05, 3.63) is 40.6 Å². The third-order valence-electron chi connectivity index (χ3n) is 5.41. The van der Waals surface area contributed by atoms with Crippen LogP contribution < -0.4 is 14.9 Å². The average molecular weight is 492 g/mol. The highest BCUT2D eigenvalue weighted by Gasteiger charge is 2.48. The third kappa shape index (κ3) is 4.17. The first kappa shape index (κ1) is 24.1. The highest BCUT2D eigenvalue weighted by atomic mass is 16.7. The molecule has 7 N–H and O–H groups in total. The number of hydrogen-bond donors (Lipinski definition) is 7. The molecule has 2 unspecified atom stereocenters. The Morgan fingerprint density at radius 3 is 2.34 bits per heavy atom. The zero-order valence-corrected chi connectivity index (χ0v) is 17.9. The number of aromatic hydroxyl groups is 3. The van der Waals surface area contributed by atoms with Gasteiger partial charge in [0.15, 0.2) is 23.4 Å². The van der Waals surface area contributed by atoms with Crippen molar-refractivity contribution in [1.29, 1.82) is 0 Å². The highest BCUT2D eigenvalue weighted by molar-refractivity contribution is 5.88. The first-order chi connectivity index (χ1) is 16.5. The van der Waals surface area contributed by atoms with Crippen molar-refractivity contribution < 1.29 is 59.2 Å². The van der Waals surface area contributed by atoms with Crippen LogP contribution in [-0.2, 0) is 9.53 Å². The van der Waals surface area contributed by atoms with Crippen LogP contribution in [0.5, 0.6) is 28.7 Å². The summed E-state index contributed by atoms with van der Waals surface area (Å²) in [5.41, 5.74) is -1.17. The molecule has 5 atom stereocenters. The van der Waals surface area contributed by atoms with Crippen molar-refractivity contribution in [2.45, 2.75) is 30.7 Å². The molecule has 186 valence electrons.